The van der Waals surface area contributed by atoms with Crippen LogP contribution in [0, 0.1) is 11.3 Å². The largest absolute Gasteiger partial charge is 0.469 e. The van der Waals surface area contributed by atoms with Crippen LogP contribution < -0.4 is 0 Å². The molecule has 0 aliphatic heterocycles. The Balaban J connectivity index is 3.03. The van der Waals surface area contributed by atoms with Crippen LogP contribution in [-0.2, 0) is 14.0 Å². The molecule has 0 N–H and O–H groups in total. The van der Waals surface area contributed by atoms with Crippen molar-refractivity contribution in [1.82, 2.24) is 0 Å². The van der Waals surface area contributed by atoms with E-state index in [1.165, 1.54) is 7.11 Å². The van der Waals surface area contributed by atoms with Crippen LogP contribution in [0.3, 0.4) is 0 Å². The number of esters is 1. The zero-order valence-electron chi connectivity index (χ0n) is 14.0. The van der Waals surface area contributed by atoms with Gasteiger partial charge in [-0.2, -0.15) is 0 Å². The van der Waals surface area contributed by atoms with Crippen molar-refractivity contribution >= 4 is 14.3 Å². The molecule has 19 heavy (non-hydrogen) atoms. The van der Waals surface area contributed by atoms with E-state index < -0.39 is 13.9 Å². The lowest BCUT2D eigenvalue weighted by Crippen LogP contribution is -2.67. The molecule has 1 aliphatic carbocycles. The van der Waals surface area contributed by atoms with Gasteiger partial charge in [-0.05, 0) is 36.9 Å². The maximum Gasteiger partial charge on any atom is 0.311 e. The van der Waals surface area contributed by atoms with Crippen molar-refractivity contribution < 1.29 is 14.0 Å². The second kappa shape index (κ2) is 4.59. The van der Waals surface area contributed by atoms with Crippen LogP contribution in [0.25, 0.3) is 0 Å². The third kappa shape index (κ3) is 2.61. The van der Waals surface area contributed by atoms with Crippen LogP contribution in [0.5, 0.6) is 0 Å². The lowest BCUT2D eigenvalue weighted by Gasteiger charge is -2.61. The molecule has 0 unspecified atom stereocenters. The molecule has 1 saturated carbocycles. The summed E-state index contributed by atoms with van der Waals surface area (Å²) in [5.74, 6) is -0.276. The summed E-state index contributed by atoms with van der Waals surface area (Å²) in [5, 5.41) is 0.141. The van der Waals surface area contributed by atoms with E-state index in [9.17, 15) is 4.79 Å². The minimum absolute atomic E-state index is 0.0153. The van der Waals surface area contributed by atoms with Gasteiger partial charge in [-0.1, -0.05) is 34.6 Å². The van der Waals surface area contributed by atoms with Crippen LogP contribution in [0.4, 0.5) is 0 Å². The number of carbonyl (C=O) groups excluding carboxylic acids is 1. The predicted molar refractivity (Wildman–Crippen MR) is 80.6 cm³/mol. The fraction of sp³-hybridized carbons (Fsp3) is 0.933. The smallest absolute Gasteiger partial charge is 0.311 e. The summed E-state index contributed by atoms with van der Waals surface area (Å²) in [5.41, 5.74) is -0.398. The van der Waals surface area contributed by atoms with Crippen LogP contribution in [0.15, 0.2) is 0 Å². The monoisotopic (exact) mass is 286 g/mol. The second-order valence-electron chi connectivity index (χ2n) is 8.13. The van der Waals surface area contributed by atoms with Gasteiger partial charge in [-0.3, -0.25) is 4.79 Å². The molecule has 0 radical (unpaired) electrons. The van der Waals surface area contributed by atoms with Crippen molar-refractivity contribution in [1.29, 1.82) is 0 Å². The highest BCUT2D eigenvalue weighted by Gasteiger charge is 2.64. The molecule has 0 spiro atoms. The number of carbonyl (C=O) groups is 1. The van der Waals surface area contributed by atoms with E-state index in [4.69, 9.17) is 9.16 Å². The molecule has 0 aromatic carbocycles. The first-order valence-corrected chi connectivity index (χ1v) is 9.97. The summed E-state index contributed by atoms with van der Waals surface area (Å²) in [6, 6.07) is 0. The van der Waals surface area contributed by atoms with E-state index in [1.807, 2.05) is 0 Å². The van der Waals surface area contributed by atoms with Crippen LogP contribution in [0.1, 0.15) is 48.0 Å². The zero-order valence-corrected chi connectivity index (χ0v) is 15.0. The molecule has 0 saturated heterocycles. The van der Waals surface area contributed by atoms with Gasteiger partial charge >= 0.3 is 5.97 Å². The third-order valence-corrected chi connectivity index (χ3v) is 10.0. The Hall–Kier alpha value is -0.353. The Morgan fingerprint density at radius 3 is 2.00 bits per heavy atom. The van der Waals surface area contributed by atoms with Crippen molar-refractivity contribution in [2.24, 2.45) is 11.3 Å². The summed E-state index contributed by atoms with van der Waals surface area (Å²) in [4.78, 5) is 11.9. The number of methoxy groups -OCH3 is 1. The fourth-order valence-electron chi connectivity index (χ4n) is 2.59. The summed E-state index contributed by atoms with van der Waals surface area (Å²) >= 11 is 0. The molecule has 0 aromatic rings. The van der Waals surface area contributed by atoms with Gasteiger partial charge in [0, 0.05) is 0 Å². The molecular weight excluding hydrogens is 256 g/mol. The lowest BCUT2D eigenvalue weighted by atomic mass is 9.53. The van der Waals surface area contributed by atoms with Crippen molar-refractivity contribution in [3.63, 3.8) is 0 Å². The van der Waals surface area contributed by atoms with E-state index in [-0.39, 0.29) is 22.3 Å². The Morgan fingerprint density at radius 2 is 1.68 bits per heavy atom. The summed E-state index contributed by atoms with van der Waals surface area (Å²) < 4.78 is 11.6. The first-order valence-electron chi connectivity index (χ1n) is 7.06. The number of hydrogen-bond acceptors (Lipinski definition) is 3. The Morgan fingerprint density at radius 1 is 1.21 bits per heavy atom. The van der Waals surface area contributed by atoms with Crippen molar-refractivity contribution in [3.05, 3.63) is 0 Å². The molecular formula is C15H30O3Si. The van der Waals surface area contributed by atoms with Crippen LogP contribution >= 0.6 is 0 Å². The summed E-state index contributed by atoms with van der Waals surface area (Å²) in [6.45, 7) is 17.6. The maximum absolute atomic E-state index is 11.9. The molecule has 1 rings (SSSR count). The van der Waals surface area contributed by atoms with Crippen LogP contribution in [0.2, 0.25) is 18.1 Å². The standard InChI is InChI=1S/C15H30O3Si/c1-13(2,3)19(8,9)18-15(6)11(12(16)17-7)10-14(15,4)5/h11H,10H2,1-9H3/t11-,15-/m0/s1. The molecule has 0 bridgehead atoms. The van der Waals surface area contributed by atoms with E-state index in [0.29, 0.717) is 0 Å². The molecule has 112 valence electrons. The van der Waals surface area contributed by atoms with Gasteiger partial charge in [0.2, 0.25) is 0 Å². The molecule has 1 fully saturated rings. The topological polar surface area (TPSA) is 35.5 Å². The predicted octanol–water partition coefficient (Wildman–Crippen LogP) is 3.99. The van der Waals surface area contributed by atoms with E-state index in [2.05, 4.69) is 54.6 Å². The van der Waals surface area contributed by atoms with Crippen molar-refractivity contribution in [2.45, 2.75) is 71.7 Å². The molecule has 1 aliphatic rings. The molecule has 2 atom stereocenters. The molecule has 3 nitrogen and oxygen atoms in total. The molecule has 4 heteroatoms. The minimum atomic E-state index is -1.91. The first-order chi connectivity index (χ1) is 8.28. The summed E-state index contributed by atoms with van der Waals surface area (Å²) in [7, 11) is -0.448. The normalized spacial score (nSPS) is 30.7. The Labute approximate surface area is 119 Å². The van der Waals surface area contributed by atoms with Gasteiger partial charge in [0.1, 0.15) is 0 Å². The van der Waals surface area contributed by atoms with Crippen molar-refractivity contribution in [2.75, 3.05) is 7.11 Å². The third-order valence-electron chi connectivity index (χ3n) is 5.48. The van der Waals surface area contributed by atoms with Crippen LogP contribution in [-0.4, -0.2) is 27.0 Å². The van der Waals surface area contributed by atoms with Gasteiger partial charge < -0.3 is 9.16 Å². The quantitative estimate of drug-likeness (QED) is 0.581. The highest BCUT2D eigenvalue weighted by molar-refractivity contribution is 6.74. The highest BCUT2D eigenvalue weighted by Crippen LogP contribution is 2.58. The van der Waals surface area contributed by atoms with E-state index >= 15 is 0 Å². The van der Waals surface area contributed by atoms with Gasteiger partial charge in [-0.25, -0.2) is 0 Å². The molecule has 0 heterocycles. The van der Waals surface area contributed by atoms with Gasteiger partial charge in [0.25, 0.3) is 0 Å². The molecule has 0 amide bonds. The lowest BCUT2D eigenvalue weighted by molar-refractivity contribution is -0.201. The molecule has 0 aromatic heterocycles. The zero-order chi connectivity index (χ0) is 15.3. The second-order valence-corrected chi connectivity index (χ2v) is 12.9. The number of rotatable bonds is 3. The van der Waals surface area contributed by atoms with Gasteiger partial charge in [0.05, 0.1) is 18.6 Å². The maximum atomic E-state index is 11.9. The van der Waals surface area contributed by atoms with Gasteiger partial charge in [-0.15, -0.1) is 0 Å². The van der Waals surface area contributed by atoms with Gasteiger partial charge in [0.15, 0.2) is 8.32 Å². The average molecular weight is 286 g/mol. The Kier molecular flexibility index (Phi) is 4.03. The van der Waals surface area contributed by atoms with E-state index in [1.54, 1.807) is 0 Å². The van der Waals surface area contributed by atoms with Crippen molar-refractivity contribution in [3.8, 4) is 0 Å². The average Bonchev–Trinajstić information content (AvgIpc) is 2.22. The Bertz CT molecular complexity index is 368. The highest BCUT2D eigenvalue weighted by atomic mass is 28.4. The minimum Gasteiger partial charge on any atom is -0.469 e. The number of hydrogen-bond donors (Lipinski definition) is 0. The summed E-state index contributed by atoms with van der Waals surface area (Å²) in [6.07, 6.45) is 0.838. The fourth-order valence-corrected chi connectivity index (χ4v) is 4.38. The first kappa shape index (κ1) is 16.7. The van der Waals surface area contributed by atoms with E-state index in [0.717, 1.165) is 6.42 Å². The SMILES string of the molecule is COC(=O)[C@@H]1CC(C)(C)[C@@]1(C)O[Si](C)(C)C(C)(C)C. The number of ether oxygens (including phenoxy) is 1.